The Kier molecular flexibility index (Phi) is 5.42. The summed E-state index contributed by atoms with van der Waals surface area (Å²) in [4.78, 5) is 36.8. The van der Waals surface area contributed by atoms with Crippen molar-refractivity contribution in [2.45, 2.75) is 24.9 Å². The number of aromatic amines is 1. The van der Waals surface area contributed by atoms with E-state index in [9.17, 15) is 22.8 Å². The molecule has 0 aromatic carbocycles. The van der Waals surface area contributed by atoms with Crippen molar-refractivity contribution in [2.75, 3.05) is 13.1 Å². The number of hydrogen-bond donors (Lipinski definition) is 1. The highest BCUT2D eigenvalue weighted by Gasteiger charge is 2.35. The van der Waals surface area contributed by atoms with Crippen LogP contribution in [0.5, 0.6) is 0 Å². The van der Waals surface area contributed by atoms with Crippen molar-refractivity contribution in [1.82, 2.24) is 19.9 Å². The average Bonchev–Trinajstić information content (AvgIpc) is 3.28. The van der Waals surface area contributed by atoms with Crippen molar-refractivity contribution >= 4 is 17.2 Å². The number of rotatable bonds is 3. The van der Waals surface area contributed by atoms with E-state index in [1.807, 2.05) is 0 Å². The molecule has 156 valence electrons. The van der Waals surface area contributed by atoms with E-state index >= 15 is 0 Å². The van der Waals surface area contributed by atoms with Crippen molar-refractivity contribution in [3.8, 4) is 10.6 Å². The van der Waals surface area contributed by atoms with E-state index < -0.39 is 17.8 Å². The number of likely N-dealkylation sites (tertiary alicyclic amines) is 1. The summed E-state index contributed by atoms with van der Waals surface area (Å²) < 4.78 is 40.3. The topological polar surface area (TPSA) is 79.0 Å². The summed E-state index contributed by atoms with van der Waals surface area (Å²) in [6.07, 6.45) is -2.05. The number of nitrogens with zero attached hydrogens (tertiary/aromatic N) is 3. The molecular formula is C20H17F3N4O2S. The predicted octanol–water partition coefficient (Wildman–Crippen LogP) is 3.93. The first-order valence-corrected chi connectivity index (χ1v) is 10.2. The molecule has 30 heavy (non-hydrogen) atoms. The van der Waals surface area contributed by atoms with E-state index in [1.165, 1.54) is 29.7 Å². The van der Waals surface area contributed by atoms with Gasteiger partial charge in [-0.2, -0.15) is 13.2 Å². The van der Waals surface area contributed by atoms with Crippen molar-refractivity contribution in [3.05, 3.63) is 69.3 Å². The molecule has 0 spiro atoms. The number of carbonyl (C=O) groups is 1. The fourth-order valence-corrected chi connectivity index (χ4v) is 4.13. The number of carbonyl (C=O) groups excluding carboxylic acids is 1. The van der Waals surface area contributed by atoms with Crippen molar-refractivity contribution in [2.24, 2.45) is 0 Å². The maximum Gasteiger partial charge on any atom is 0.433 e. The van der Waals surface area contributed by atoms with Gasteiger partial charge in [0.1, 0.15) is 11.5 Å². The van der Waals surface area contributed by atoms with Crippen LogP contribution in [0.25, 0.3) is 10.6 Å². The molecule has 1 N–H and O–H groups in total. The molecule has 6 nitrogen and oxygen atoms in total. The highest BCUT2D eigenvalue weighted by atomic mass is 32.1. The van der Waals surface area contributed by atoms with Crippen molar-refractivity contribution in [1.29, 1.82) is 0 Å². The highest BCUT2D eigenvalue weighted by Crippen LogP contribution is 2.34. The van der Waals surface area contributed by atoms with Gasteiger partial charge in [-0.3, -0.25) is 9.59 Å². The number of alkyl halides is 3. The van der Waals surface area contributed by atoms with Gasteiger partial charge in [-0.1, -0.05) is 6.07 Å². The zero-order valence-electron chi connectivity index (χ0n) is 15.6. The van der Waals surface area contributed by atoms with Crippen LogP contribution in [0.2, 0.25) is 0 Å². The van der Waals surface area contributed by atoms with E-state index in [2.05, 4.69) is 15.0 Å². The number of thiophene rings is 1. The van der Waals surface area contributed by atoms with Crippen LogP contribution in [-0.2, 0) is 6.18 Å². The summed E-state index contributed by atoms with van der Waals surface area (Å²) in [5, 5.41) is 1.77. The number of aromatic nitrogens is 3. The molecule has 4 heterocycles. The zero-order valence-corrected chi connectivity index (χ0v) is 16.5. The van der Waals surface area contributed by atoms with Crippen LogP contribution < -0.4 is 5.56 Å². The Hall–Kier alpha value is -3.01. The Morgan fingerprint density at radius 2 is 2.07 bits per heavy atom. The summed E-state index contributed by atoms with van der Waals surface area (Å²) in [7, 11) is 0. The summed E-state index contributed by atoms with van der Waals surface area (Å²) in [5.74, 6) is -0.611. The van der Waals surface area contributed by atoms with E-state index in [0.717, 1.165) is 6.07 Å². The van der Waals surface area contributed by atoms with Gasteiger partial charge in [-0.25, -0.2) is 9.97 Å². The van der Waals surface area contributed by atoms with Crippen LogP contribution in [0, 0.1) is 0 Å². The molecule has 4 rings (SSSR count). The molecular weight excluding hydrogens is 417 g/mol. The molecule has 1 fully saturated rings. The van der Waals surface area contributed by atoms with Gasteiger partial charge < -0.3 is 9.88 Å². The van der Waals surface area contributed by atoms with Crippen LogP contribution in [0.4, 0.5) is 13.2 Å². The van der Waals surface area contributed by atoms with E-state index in [1.54, 1.807) is 22.4 Å². The molecule has 1 aliphatic heterocycles. The maximum absolute atomic E-state index is 13.4. The van der Waals surface area contributed by atoms with Gasteiger partial charge in [0.05, 0.1) is 16.1 Å². The fraction of sp³-hybridized carbons (Fsp3) is 0.300. The number of H-pyrrole nitrogens is 1. The first-order chi connectivity index (χ1) is 14.3. The summed E-state index contributed by atoms with van der Waals surface area (Å²) in [6.45, 7) is 0.689. The van der Waals surface area contributed by atoms with Crippen LogP contribution >= 0.6 is 11.3 Å². The second-order valence-electron chi connectivity index (χ2n) is 7.00. The number of hydrogen-bond acceptors (Lipinski definition) is 5. The first kappa shape index (κ1) is 20.3. The maximum atomic E-state index is 13.4. The molecule has 1 saturated heterocycles. The third-order valence-corrected chi connectivity index (χ3v) is 5.80. The number of piperidine rings is 1. The second-order valence-corrected chi connectivity index (χ2v) is 7.95. The van der Waals surface area contributed by atoms with Gasteiger partial charge in [0, 0.05) is 31.3 Å². The third-order valence-electron chi connectivity index (χ3n) is 4.91. The standard InChI is InChI=1S/C20H17F3N4O2S/c21-20(22,23)16-9-14(15-4-2-8-30-15)25-18(26-16)13-3-1-7-27(11-13)19(29)12-5-6-17(28)24-10-12/h2,4-6,8-10,13H,1,3,7,11H2,(H,24,28)/t13-/m1/s1. The predicted molar refractivity (Wildman–Crippen MR) is 105 cm³/mol. The van der Waals surface area contributed by atoms with Crippen molar-refractivity contribution in [3.63, 3.8) is 0 Å². The zero-order chi connectivity index (χ0) is 21.3. The normalized spacial score (nSPS) is 17.2. The number of nitrogens with one attached hydrogen (secondary N) is 1. The van der Waals surface area contributed by atoms with Crippen molar-refractivity contribution < 1.29 is 18.0 Å². The average molecular weight is 434 g/mol. The van der Waals surface area contributed by atoms with E-state index in [0.29, 0.717) is 29.8 Å². The Morgan fingerprint density at radius 1 is 1.23 bits per heavy atom. The SMILES string of the molecule is O=C(c1ccc(=O)[nH]c1)N1CCC[C@@H](c2nc(-c3cccs3)cc(C(F)(F)F)n2)C1. The summed E-state index contributed by atoms with van der Waals surface area (Å²) in [5.41, 5.74) is -0.757. The van der Waals surface area contributed by atoms with Gasteiger partial charge in [0.25, 0.3) is 5.91 Å². The molecule has 1 atom stereocenters. The van der Waals surface area contributed by atoms with Gasteiger partial charge in [-0.15, -0.1) is 11.3 Å². The minimum absolute atomic E-state index is 0.0900. The van der Waals surface area contributed by atoms with Crippen LogP contribution in [0.15, 0.2) is 46.7 Å². The molecule has 0 unspecified atom stereocenters. The Bertz CT molecular complexity index is 1090. The number of pyridine rings is 1. The smallest absolute Gasteiger partial charge is 0.338 e. The van der Waals surface area contributed by atoms with E-state index in [4.69, 9.17) is 0 Å². The van der Waals surface area contributed by atoms with Gasteiger partial charge in [-0.05, 0) is 36.4 Å². The second kappa shape index (κ2) is 8.02. The molecule has 0 saturated carbocycles. The number of halogens is 3. The lowest BCUT2D eigenvalue weighted by Gasteiger charge is -2.32. The molecule has 0 radical (unpaired) electrons. The lowest BCUT2D eigenvalue weighted by atomic mass is 9.96. The lowest BCUT2D eigenvalue weighted by Crippen LogP contribution is -2.39. The molecule has 10 heteroatoms. The fourth-order valence-electron chi connectivity index (χ4n) is 3.44. The molecule has 0 aliphatic carbocycles. The molecule has 3 aromatic rings. The number of amides is 1. The Morgan fingerprint density at radius 3 is 2.73 bits per heavy atom. The quantitative estimate of drug-likeness (QED) is 0.678. The van der Waals surface area contributed by atoms with Crippen LogP contribution in [-0.4, -0.2) is 38.8 Å². The molecule has 1 amide bonds. The molecule has 0 bridgehead atoms. The highest BCUT2D eigenvalue weighted by molar-refractivity contribution is 7.13. The largest absolute Gasteiger partial charge is 0.433 e. The Labute approximate surface area is 173 Å². The lowest BCUT2D eigenvalue weighted by molar-refractivity contribution is -0.141. The van der Waals surface area contributed by atoms with Gasteiger partial charge in [0.15, 0.2) is 0 Å². The van der Waals surface area contributed by atoms with Crippen LogP contribution in [0.3, 0.4) is 0 Å². The van der Waals surface area contributed by atoms with E-state index in [-0.39, 0.29) is 29.5 Å². The Balaban J connectivity index is 1.64. The molecule has 3 aromatic heterocycles. The van der Waals surface area contributed by atoms with Crippen LogP contribution in [0.1, 0.15) is 40.6 Å². The minimum Gasteiger partial charge on any atom is -0.338 e. The summed E-state index contributed by atoms with van der Waals surface area (Å²) in [6, 6.07) is 7.11. The third kappa shape index (κ3) is 4.28. The summed E-state index contributed by atoms with van der Waals surface area (Å²) >= 11 is 1.30. The molecule has 1 aliphatic rings. The first-order valence-electron chi connectivity index (χ1n) is 9.29. The monoisotopic (exact) mass is 434 g/mol. The van der Waals surface area contributed by atoms with Gasteiger partial charge in [0.2, 0.25) is 5.56 Å². The minimum atomic E-state index is -4.59. The van der Waals surface area contributed by atoms with Gasteiger partial charge >= 0.3 is 6.18 Å².